The molecular formula is C18H20N4O6. The molecule has 1 heterocycles. The Morgan fingerprint density at radius 2 is 1.86 bits per heavy atom. The normalized spacial score (nSPS) is 16.5. The quantitative estimate of drug-likeness (QED) is 0.339. The van der Waals surface area contributed by atoms with Crippen LogP contribution in [-0.4, -0.2) is 39.2 Å². The average molecular weight is 388 g/mol. The largest absolute Gasteiger partial charge is 0.480 e. The lowest BCUT2D eigenvalue weighted by Gasteiger charge is -2.27. The number of nitrogens with zero attached hydrogens (tertiary/aromatic N) is 2. The maximum absolute atomic E-state index is 11.2. The lowest BCUT2D eigenvalue weighted by atomic mass is 9.99. The number of carbonyl (C=O) groups excluding carboxylic acids is 1. The maximum atomic E-state index is 11.2. The molecule has 0 radical (unpaired) electrons. The number of carboxylic acid groups (broad SMARTS) is 1. The summed E-state index contributed by atoms with van der Waals surface area (Å²) in [4.78, 5) is 31.8. The topological polar surface area (TPSA) is 173 Å². The molecule has 0 spiro atoms. The second kappa shape index (κ2) is 9.04. The predicted molar refractivity (Wildman–Crippen MR) is 99.8 cm³/mol. The van der Waals surface area contributed by atoms with E-state index in [1.54, 1.807) is 18.2 Å². The summed E-state index contributed by atoms with van der Waals surface area (Å²) in [5, 5.41) is 29.2. The van der Waals surface area contributed by atoms with Gasteiger partial charge in [0.1, 0.15) is 6.04 Å². The van der Waals surface area contributed by atoms with Gasteiger partial charge in [0.05, 0.1) is 16.7 Å². The van der Waals surface area contributed by atoms with Crippen LogP contribution in [-0.2, 0) is 22.4 Å². The van der Waals surface area contributed by atoms with Crippen molar-refractivity contribution in [1.29, 1.82) is 0 Å². The van der Waals surface area contributed by atoms with Crippen molar-refractivity contribution in [3.8, 4) is 0 Å². The van der Waals surface area contributed by atoms with Gasteiger partial charge in [0.15, 0.2) is 0 Å². The predicted octanol–water partition coefficient (Wildman–Crippen LogP) is 0.841. The summed E-state index contributed by atoms with van der Waals surface area (Å²) in [6, 6.07) is 11.4. The minimum atomic E-state index is -1.17. The Morgan fingerprint density at radius 1 is 1.25 bits per heavy atom. The van der Waals surface area contributed by atoms with E-state index in [4.69, 9.17) is 16.6 Å². The van der Waals surface area contributed by atoms with Crippen LogP contribution < -0.4 is 16.5 Å². The lowest BCUT2D eigenvalue weighted by Crippen LogP contribution is -2.47. The number of nitro groups is 1. The molecule has 2 atom stereocenters. The van der Waals surface area contributed by atoms with Crippen LogP contribution in [0, 0.1) is 10.1 Å². The Kier molecular flexibility index (Phi) is 6.77. The highest BCUT2D eigenvalue weighted by molar-refractivity contribution is 5.97. The summed E-state index contributed by atoms with van der Waals surface area (Å²) in [6.45, 7) is 0. The second-order valence-corrected chi connectivity index (χ2v) is 6.12. The number of hydrogen-bond acceptors (Lipinski definition) is 7. The van der Waals surface area contributed by atoms with E-state index < -0.39 is 28.9 Å². The smallest absolute Gasteiger partial charge is 0.320 e. The Hall–Kier alpha value is -3.34. The molecule has 0 fully saturated rings. The van der Waals surface area contributed by atoms with Crippen LogP contribution in [0.2, 0.25) is 0 Å². The van der Waals surface area contributed by atoms with Gasteiger partial charge >= 0.3 is 5.97 Å². The first-order valence-electron chi connectivity index (χ1n) is 8.29. The van der Waals surface area contributed by atoms with E-state index >= 15 is 0 Å². The number of hydrogen-bond donors (Lipinski definition) is 4. The molecule has 1 aliphatic heterocycles. The van der Waals surface area contributed by atoms with E-state index in [0.717, 1.165) is 5.56 Å². The van der Waals surface area contributed by atoms with E-state index in [1.807, 2.05) is 12.1 Å². The first-order valence-corrected chi connectivity index (χ1v) is 8.29. The zero-order valence-electron chi connectivity index (χ0n) is 14.8. The molecule has 0 saturated heterocycles. The van der Waals surface area contributed by atoms with E-state index in [9.17, 15) is 24.9 Å². The fraction of sp³-hybridized carbons (Fsp3) is 0.222. The Bertz CT molecular complexity index is 888. The Labute approximate surface area is 160 Å². The van der Waals surface area contributed by atoms with Gasteiger partial charge in [0, 0.05) is 18.1 Å². The minimum absolute atomic E-state index is 0.0491. The van der Waals surface area contributed by atoms with Gasteiger partial charge in [-0.2, -0.15) is 5.06 Å². The molecule has 10 heteroatoms. The third kappa shape index (κ3) is 4.88. The van der Waals surface area contributed by atoms with E-state index in [1.165, 1.54) is 18.2 Å². The number of para-hydroxylation sites is 2. The number of rotatable bonds is 4. The summed E-state index contributed by atoms with van der Waals surface area (Å²) in [7, 11) is 0. The van der Waals surface area contributed by atoms with Crippen LogP contribution in [0.4, 0.5) is 11.4 Å². The fourth-order valence-corrected chi connectivity index (χ4v) is 2.68. The molecule has 0 aliphatic carbocycles. The average Bonchev–Trinajstić information content (AvgIpc) is 2.67. The number of fused-ring (bicyclic) bond motifs is 1. The number of hydroxylamine groups is 1. The fourth-order valence-electron chi connectivity index (χ4n) is 2.68. The number of benzene rings is 2. The molecule has 1 amide bonds. The van der Waals surface area contributed by atoms with Gasteiger partial charge < -0.3 is 16.6 Å². The molecule has 0 unspecified atom stereocenters. The van der Waals surface area contributed by atoms with Crippen molar-refractivity contribution in [2.45, 2.75) is 24.9 Å². The molecule has 0 saturated carbocycles. The van der Waals surface area contributed by atoms with Crippen molar-refractivity contribution in [2.75, 3.05) is 5.06 Å². The molecule has 0 aromatic heterocycles. The molecule has 0 bridgehead atoms. The monoisotopic (exact) mass is 388 g/mol. The van der Waals surface area contributed by atoms with E-state index in [-0.39, 0.29) is 12.1 Å². The molecule has 6 N–H and O–H groups in total. The van der Waals surface area contributed by atoms with E-state index in [0.29, 0.717) is 22.7 Å². The summed E-state index contributed by atoms with van der Waals surface area (Å²) in [5.41, 5.74) is 12.5. The minimum Gasteiger partial charge on any atom is -0.480 e. The number of amides is 1. The van der Waals surface area contributed by atoms with Gasteiger partial charge in [-0.15, -0.1) is 0 Å². The van der Waals surface area contributed by atoms with Gasteiger partial charge in [-0.05, 0) is 18.1 Å². The van der Waals surface area contributed by atoms with Crippen LogP contribution in [0.25, 0.3) is 0 Å². The van der Waals surface area contributed by atoms with Crippen molar-refractivity contribution in [3.63, 3.8) is 0 Å². The maximum Gasteiger partial charge on any atom is 0.320 e. The number of aliphatic carboxylic acids is 1. The van der Waals surface area contributed by atoms with Crippen molar-refractivity contribution in [1.82, 2.24) is 0 Å². The van der Waals surface area contributed by atoms with Gasteiger partial charge in [-0.3, -0.25) is 24.9 Å². The zero-order valence-corrected chi connectivity index (χ0v) is 14.8. The summed E-state index contributed by atoms with van der Waals surface area (Å²) < 4.78 is 0. The van der Waals surface area contributed by atoms with Gasteiger partial charge in [-0.25, -0.2) is 0 Å². The summed E-state index contributed by atoms with van der Waals surface area (Å²) in [6.07, 6.45) is 0.443. The third-order valence-corrected chi connectivity index (χ3v) is 4.13. The van der Waals surface area contributed by atoms with Crippen molar-refractivity contribution >= 4 is 23.3 Å². The van der Waals surface area contributed by atoms with E-state index in [2.05, 4.69) is 0 Å². The number of nitrogens with two attached hydrogens (primary N) is 2. The molecule has 3 rings (SSSR count). The standard InChI is InChI=1S/C9H10N2O4.C9H10N2O2/c10-7(9(12)13)5-6-3-1-2-4-8(6)11(14)15;10-7-5-6-3-1-2-4-8(6)11(13)9(7)12/h1-4,7H,5,10H2,(H,12,13);1-4,7,13H,5,10H2/t2*7-/m00/s1. The second-order valence-electron chi connectivity index (χ2n) is 6.12. The Morgan fingerprint density at radius 3 is 2.50 bits per heavy atom. The zero-order chi connectivity index (χ0) is 20.8. The first kappa shape index (κ1) is 21.0. The molecule has 148 valence electrons. The molecule has 10 nitrogen and oxygen atoms in total. The number of carboxylic acids is 1. The van der Waals surface area contributed by atoms with Crippen LogP contribution in [0.15, 0.2) is 48.5 Å². The summed E-state index contributed by atoms with van der Waals surface area (Å²) >= 11 is 0. The van der Waals surface area contributed by atoms with Crippen LogP contribution in [0.5, 0.6) is 0 Å². The van der Waals surface area contributed by atoms with Gasteiger partial charge in [0.25, 0.3) is 11.6 Å². The van der Waals surface area contributed by atoms with Crippen molar-refractivity contribution < 1.29 is 24.8 Å². The van der Waals surface area contributed by atoms with Crippen molar-refractivity contribution in [3.05, 3.63) is 69.8 Å². The first-order chi connectivity index (χ1) is 13.2. The highest BCUT2D eigenvalue weighted by atomic mass is 16.6. The highest BCUT2D eigenvalue weighted by Gasteiger charge is 2.28. The SMILES string of the molecule is N[C@@H](Cc1ccccc1[N+](=O)[O-])C(=O)O.N[C@H]1Cc2ccccc2N(O)C1=O. The molecule has 1 aliphatic rings. The van der Waals surface area contributed by atoms with Gasteiger partial charge in [-0.1, -0.05) is 36.4 Å². The number of carbonyl (C=O) groups is 2. The number of nitro benzene ring substituents is 1. The number of anilines is 1. The van der Waals surface area contributed by atoms with Crippen LogP contribution in [0.3, 0.4) is 0 Å². The summed E-state index contributed by atoms with van der Waals surface area (Å²) in [5.74, 6) is -1.62. The molecule has 2 aromatic carbocycles. The van der Waals surface area contributed by atoms with Crippen molar-refractivity contribution in [2.24, 2.45) is 11.5 Å². The molecule has 28 heavy (non-hydrogen) atoms. The molecular weight excluding hydrogens is 368 g/mol. The highest BCUT2D eigenvalue weighted by Crippen LogP contribution is 2.25. The van der Waals surface area contributed by atoms with Gasteiger partial charge in [0.2, 0.25) is 0 Å². The molecule has 2 aromatic rings. The van der Waals surface area contributed by atoms with Crippen LogP contribution in [0.1, 0.15) is 11.1 Å². The van der Waals surface area contributed by atoms with Crippen LogP contribution >= 0.6 is 0 Å². The third-order valence-electron chi connectivity index (χ3n) is 4.13. The lowest BCUT2D eigenvalue weighted by molar-refractivity contribution is -0.385. The Balaban J connectivity index is 0.000000202.